The summed E-state index contributed by atoms with van der Waals surface area (Å²) in [6.07, 6.45) is 15.6. The SMILES string of the molecule is CCCCCCCCCc1ccc(COc2ccc(/C(F)=C(\F)CCCCCCC)cc2)cc1. The molecule has 0 amide bonds. The molecule has 1 nitrogen and oxygen atoms in total. The van der Waals surface area contributed by atoms with Crippen molar-refractivity contribution in [3.8, 4) is 5.75 Å². The van der Waals surface area contributed by atoms with Gasteiger partial charge in [0.1, 0.15) is 18.2 Å². The molecule has 0 aliphatic rings. The number of halogens is 2. The maximum Gasteiger partial charge on any atom is 0.161 e. The van der Waals surface area contributed by atoms with Crippen LogP contribution in [0.2, 0.25) is 0 Å². The lowest BCUT2D eigenvalue weighted by molar-refractivity contribution is 0.306. The van der Waals surface area contributed by atoms with Crippen molar-refractivity contribution in [2.45, 2.75) is 110 Å². The molecule has 0 saturated carbocycles. The minimum Gasteiger partial charge on any atom is -0.489 e. The molecule has 0 aliphatic carbocycles. The van der Waals surface area contributed by atoms with Crippen LogP contribution in [0.3, 0.4) is 0 Å². The zero-order valence-corrected chi connectivity index (χ0v) is 21.4. The number of allylic oxidation sites excluding steroid dienone is 1. The molecule has 2 aromatic rings. The fourth-order valence-electron chi connectivity index (χ4n) is 4.10. The van der Waals surface area contributed by atoms with E-state index in [4.69, 9.17) is 4.74 Å². The Hall–Kier alpha value is -2.16. The van der Waals surface area contributed by atoms with Crippen LogP contribution in [0.1, 0.15) is 114 Å². The first-order chi connectivity index (χ1) is 16.6. The lowest BCUT2D eigenvalue weighted by Gasteiger charge is -2.09. The van der Waals surface area contributed by atoms with Crippen molar-refractivity contribution in [2.24, 2.45) is 0 Å². The van der Waals surface area contributed by atoms with Crippen LogP contribution < -0.4 is 4.74 Å². The van der Waals surface area contributed by atoms with Gasteiger partial charge in [-0.1, -0.05) is 102 Å². The molecule has 0 N–H and O–H groups in total. The lowest BCUT2D eigenvalue weighted by Crippen LogP contribution is -1.96. The van der Waals surface area contributed by atoms with Gasteiger partial charge in [-0.25, -0.2) is 8.78 Å². The number of aryl methyl sites for hydroxylation is 1. The van der Waals surface area contributed by atoms with Crippen molar-refractivity contribution in [1.29, 1.82) is 0 Å². The van der Waals surface area contributed by atoms with Gasteiger partial charge in [-0.15, -0.1) is 0 Å². The Kier molecular flexibility index (Phi) is 14.3. The fourth-order valence-corrected chi connectivity index (χ4v) is 4.10. The van der Waals surface area contributed by atoms with Crippen LogP contribution in [-0.2, 0) is 13.0 Å². The maximum atomic E-state index is 14.4. The van der Waals surface area contributed by atoms with E-state index < -0.39 is 11.7 Å². The van der Waals surface area contributed by atoms with E-state index in [9.17, 15) is 8.78 Å². The molecule has 0 aromatic heterocycles. The number of hydrogen-bond donors (Lipinski definition) is 0. The van der Waals surface area contributed by atoms with Gasteiger partial charge in [0.25, 0.3) is 0 Å². The third-order valence-corrected chi connectivity index (χ3v) is 6.34. The summed E-state index contributed by atoms with van der Waals surface area (Å²) in [5.41, 5.74) is 2.75. The summed E-state index contributed by atoms with van der Waals surface area (Å²) in [7, 11) is 0. The molecule has 2 rings (SSSR count). The first-order valence-electron chi connectivity index (χ1n) is 13.5. The molecule has 0 fully saturated rings. The van der Waals surface area contributed by atoms with Gasteiger partial charge >= 0.3 is 0 Å². The lowest BCUT2D eigenvalue weighted by atomic mass is 10.0. The van der Waals surface area contributed by atoms with Crippen LogP contribution in [0.5, 0.6) is 5.75 Å². The summed E-state index contributed by atoms with van der Waals surface area (Å²) >= 11 is 0. The van der Waals surface area contributed by atoms with E-state index in [1.54, 1.807) is 24.3 Å². The quantitative estimate of drug-likeness (QED) is 0.197. The van der Waals surface area contributed by atoms with E-state index in [0.717, 1.165) is 37.7 Å². The van der Waals surface area contributed by atoms with Gasteiger partial charge < -0.3 is 4.74 Å². The molecular weight excluding hydrogens is 426 g/mol. The third-order valence-electron chi connectivity index (χ3n) is 6.34. The monoisotopic (exact) mass is 470 g/mol. The zero-order chi connectivity index (χ0) is 24.4. The van der Waals surface area contributed by atoms with Crippen molar-refractivity contribution < 1.29 is 13.5 Å². The highest BCUT2D eigenvalue weighted by molar-refractivity contribution is 5.61. The maximum absolute atomic E-state index is 14.4. The topological polar surface area (TPSA) is 9.23 Å². The molecule has 0 spiro atoms. The van der Waals surface area contributed by atoms with E-state index >= 15 is 0 Å². The van der Waals surface area contributed by atoms with Crippen LogP contribution in [0.4, 0.5) is 8.78 Å². The molecule has 0 radical (unpaired) electrons. The number of hydrogen-bond acceptors (Lipinski definition) is 1. The number of rotatable bonds is 18. The van der Waals surface area contributed by atoms with Crippen LogP contribution in [-0.4, -0.2) is 0 Å². The molecule has 0 saturated heterocycles. The van der Waals surface area contributed by atoms with Crippen molar-refractivity contribution in [3.63, 3.8) is 0 Å². The molecule has 188 valence electrons. The highest BCUT2D eigenvalue weighted by Crippen LogP contribution is 2.27. The average Bonchev–Trinajstić information content (AvgIpc) is 2.87. The smallest absolute Gasteiger partial charge is 0.161 e. The molecule has 0 bridgehead atoms. The largest absolute Gasteiger partial charge is 0.489 e. The number of unbranched alkanes of at least 4 members (excludes halogenated alkanes) is 10. The minimum atomic E-state index is -0.751. The predicted molar refractivity (Wildman–Crippen MR) is 141 cm³/mol. The van der Waals surface area contributed by atoms with Crippen LogP contribution in [0.25, 0.3) is 5.83 Å². The summed E-state index contributed by atoms with van der Waals surface area (Å²) in [6, 6.07) is 15.2. The van der Waals surface area contributed by atoms with Crippen LogP contribution >= 0.6 is 0 Å². The summed E-state index contributed by atoms with van der Waals surface area (Å²) in [5.74, 6) is -0.746. The first kappa shape index (κ1) is 28.1. The summed E-state index contributed by atoms with van der Waals surface area (Å²) in [5, 5.41) is 0. The van der Waals surface area contributed by atoms with Crippen molar-refractivity contribution in [2.75, 3.05) is 0 Å². The molecule has 0 heterocycles. The summed E-state index contributed by atoms with van der Waals surface area (Å²) in [4.78, 5) is 0. The summed E-state index contributed by atoms with van der Waals surface area (Å²) in [6.45, 7) is 4.85. The fraction of sp³-hybridized carbons (Fsp3) is 0.548. The molecule has 3 heteroatoms. The third kappa shape index (κ3) is 11.3. The molecule has 0 unspecified atom stereocenters. The van der Waals surface area contributed by atoms with Gasteiger partial charge in [0, 0.05) is 12.0 Å². The Morgan fingerprint density at radius 3 is 1.76 bits per heavy atom. The highest BCUT2D eigenvalue weighted by atomic mass is 19.2. The Labute approximate surface area is 206 Å². The van der Waals surface area contributed by atoms with E-state index in [2.05, 4.69) is 38.1 Å². The zero-order valence-electron chi connectivity index (χ0n) is 21.4. The number of ether oxygens (including phenoxy) is 1. The van der Waals surface area contributed by atoms with Gasteiger partial charge in [0.2, 0.25) is 0 Å². The Morgan fingerprint density at radius 1 is 0.618 bits per heavy atom. The van der Waals surface area contributed by atoms with Crippen LogP contribution in [0, 0.1) is 0 Å². The van der Waals surface area contributed by atoms with Gasteiger partial charge in [0.05, 0.1) is 0 Å². The van der Waals surface area contributed by atoms with E-state index in [1.165, 1.54) is 50.5 Å². The van der Waals surface area contributed by atoms with Gasteiger partial charge in [0.15, 0.2) is 5.83 Å². The number of benzene rings is 2. The van der Waals surface area contributed by atoms with Crippen molar-refractivity contribution in [1.82, 2.24) is 0 Å². The molecular formula is C31H44F2O. The minimum absolute atomic E-state index is 0.169. The standard InChI is InChI=1S/C31H44F2O/c1-3-5-7-9-10-12-13-15-26-17-19-27(20-18-26)25-34-29-23-21-28(22-24-29)31(33)30(32)16-14-11-8-6-4-2/h17-24H,3-16,25H2,1-2H3/b31-30+. The van der Waals surface area contributed by atoms with Gasteiger partial charge in [-0.3, -0.25) is 0 Å². The normalized spacial score (nSPS) is 12.0. The van der Waals surface area contributed by atoms with E-state index in [-0.39, 0.29) is 12.0 Å². The van der Waals surface area contributed by atoms with E-state index in [1.807, 2.05) is 0 Å². The molecule has 0 aliphatic heterocycles. The predicted octanol–water partition coefficient (Wildman–Crippen LogP) is 10.5. The van der Waals surface area contributed by atoms with Crippen molar-refractivity contribution >= 4 is 5.83 Å². The van der Waals surface area contributed by atoms with Crippen molar-refractivity contribution in [3.05, 3.63) is 71.0 Å². The molecule has 2 aromatic carbocycles. The molecule has 34 heavy (non-hydrogen) atoms. The second-order valence-corrected chi connectivity index (χ2v) is 9.38. The van der Waals surface area contributed by atoms with E-state index in [0.29, 0.717) is 18.8 Å². The first-order valence-corrected chi connectivity index (χ1v) is 13.5. The van der Waals surface area contributed by atoms with Gasteiger partial charge in [-0.2, -0.15) is 0 Å². The average molecular weight is 471 g/mol. The van der Waals surface area contributed by atoms with Gasteiger partial charge in [-0.05, 0) is 54.7 Å². The molecule has 0 atom stereocenters. The Morgan fingerprint density at radius 2 is 1.15 bits per heavy atom. The second-order valence-electron chi connectivity index (χ2n) is 9.38. The second kappa shape index (κ2) is 17.3. The Bertz CT molecular complexity index is 808. The van der Waals surface area contributed by atoms with Crippen LogP contribution in [0.15, 0.2) is 54.4 Å². The Balaban J connectivity index is 1.71. The highest BCUT2D eigenvalue weighted by Gasteiger charge is 2.09. The summed E-state index contributed by atoms with van der Waals surface area (Å²) < 4.78 is 34.3.